The monoisotopic (exact) mass is 304 g/mol. The molecule has 3 nitrogen and oxygen atoms in total. The van der Waals surface area contributed by atoms with Crippen LogP contribution < -0.4 is 4.74 Å². The van der Waals surface area contributed by atoms with E-state index in [-0.39, 0.29) is 5.52 Å². The lowest BCUT2D eigenvalue weighted by Crippen LogP contribution is -2.07. The minimum Gasteiger partial charge on any atom is -0.496 e. The predicted molar refractivity (Wildman–Crippen MR) is 76.5 cm³/mol. The number of nitrogens with zero attached hydrogens (tertiary/aromatic N) is 2. The molecule has 1 aromatic heterocycles. The van der Waals surface area contributed by atoms with Crippen LogP contribution in [-0.2, 0) is 6.18 Å². The Balaban J connectivity index is 2.33. The zero-order chi connectivity index (χ0) is 15.7. The molecule has 22 heavy (non-hydrogen) atoms. The van der Waals surface area contributed by atoms with Crippen molar-refractivity contribution in [2.45, 2.75) is 6.18 Å². The largest absolute Gasteiger partial charge is 0.496 e. The quantitative estimate of drug-likeness (QED) is 0.707. The molecule has 0 aliphatic heterocycles. The standard InChI is InChI=1S/C16H11F3N2O/c1-22-13-8-3-2-5-10(13)14-11-6-4-7-12(16(17,18)19)15(11)21-9-20-14/h2-9H,1H3. The Labute approximate surface area is 124 Å². The lowest BCUT2D eigenvalue weighted by Gasteiger charge is -2.13. The van der Waals surface area contributed by atoms with E-state index in [4.69, 9.17) is 4.74 Å². The van der Waals surface area contributed by atoms with Crippen molar-refractivity contribution < 1.29 is 17.9 Å². The highest BCUT2D eigenvalue weighted by atomic mass is 19.4. The summed E-state index contributed by atoms with van der Waals surface area (Å²) < 4.78 is 44.6. The molecule has 2 aromatic carbocycles. The van der Waals surface area contributed by atoms with Gasteiger partial charge in [0.15, 0.2) is 0 Å². The number of hydrogen-bond acceptors (Lipinski definition) is 3. The number of ether oxygens (including phenoxy) is 1. The van der Waals surface area contributed by atoms with Crippen molar-refractivity contribution in [2.75, 3.05) is 7.11 Å². The van der Waals surface area contributed by atoms with E-state index in [2.05, 4.69) is 9.97 Å². The van der Waals surface area contributed by atoms with Crippen LogP contribution >= 0.6 is 0 Å². The van der Waals surface area contributed by atoms with E-state index >= 15 is 0 Å². The summed E-state index contributed by atoms with van der Waals surface area (Å²) in [6.45, 7) is 0. The van der Waals surface area contributed by atoms with Crippen LogP contribution in [0.4, 0.5) is 13.2 Å². The van der Waals surface area contributed by atoms with Gasteiger partial charge in [0.05, 0.1) is 23.9 Å². The highest BCUT2D eigenvalue weighted by molar-refractivity contribution is 5.95. The van der Waals surface area contributed by atoms with Gasteiger partial charge in [-0.05, 0) is 18.2 Å². The average molecular weight is 304 g/mol. The lowest BCUT2D eigenvalue weighted by molar-refractivity contribution is -0.136. The van der Waals surface area contributed by atoms with Gasteiger partial charge in [0.2, 0.25) is 0 Å². The highest BCUT2D eigenvalue weighted by Crippen LogP contribution is 2.37. The van der Waals surface area contributed by atoms with Gasteiger partial charge in [-0.1, -0.05) is 24.3 Å². The molecule has 112 valence electrons. The van der Waals surface area contributed by atoms with Crippen molar-refractivity contribution in [1.82, 2.24) is 9.97 Å². The number of methoxy groups -OCH3 is 1. The molecule has 6 heteroatoms. The third kappa shape index (κ3) is 2.36. The molecule has 0 saturated carbocycles. The zero-order valence-electron chi connectivity index (χ0n) is 11.6. The van der Waals surface area contributed by atoms with E-state index in [1.54, 1.807) is 30.3 Å². The van der Waals surface area contributed by atoms with Crippen molar-refractivity contribution in [3.8, 4) is 17.0 Å². The van der Waals surface area contributed by atoms with Crippen molar-refractivity contribution >= 4 is 10.9 Å². The van der Waals surface area contributed by atoms with Gasteiger partial charge in [-0.2, -0.15) is 13.2 Å². The molecule has 0 aliphatic carbocycles. The molecule has 0 spiro atoms. The molecule has 0 radical (unpaired) electrons. The van der Waals surface area contributed by atoms with Gasteiger partial charge >= 0.3 is 6.18 Å². The molecule has 0 unspecified atom stereocenters. The van der Waals surface area contributed by atoms with Crippen LogP contribution in [0.3, 0.4) is 0 Å². The summed E-state index contributed by atoms with van der Waals surface area (Å²) in [5, 5.41) is 0.335. The molecular formula is C16H11F3N2O. The number of hydrogen-bond donors (Lipinski definition) is 0. The van der Waals surface area contributed by atoms with Gasteiger partial charge in [-0.3, -0.25) is 0 Å². The molecule has 1 heterocycles. The van der Waals surface area contributed by atoms with Crippen LogP contribution in [0, 0.1) is 0 Å². The Bertz CT molecular complexity index is 831. The van der Waals surface area contributed by atoms with E-state index < -0.39 is 11.7 Å². The first-order valence-corrected chi connectivity index (χ1v) is 6.46. The molecule has 0 N–H and O–H groups in total. The van der Waals surface area contributed by atoms with Crippen LogP contribution in [0.15, 0.2) is 48.8 Å². The maximum atomic E-state index is 13.1. The molecule has 3 rings (SSSR count). The lowest BCUT2D eigenvalue weighted by atomic mass is 10.0. The molecule has 0 atom stereocenters. The summed E-state index contributed by atoms with van der Waals surface area (Å²) in [4.78, 5) is 7.97. The van der Waals surface area contributed by atoms with Crippen LogP contribution in [0.1, 0.15) is 5.56 Å². The maximum Gasteiger partial charge on any atom is 0.418 e. The maximum absolute atomic E-state index is 13.1. The third-order valence-corrected chi connectivity index (χ3v) is 3.33. The van der Waals surface area contributed by atoms with Crippen molar-refractivity contribution in [1.29, 1.82) is 0 Å². The minimum atomic E-state index is -4.47. The third-order valence-electron chi connectivity index (χ3n) is 3.33. The van der Waals surface area contributed by atoms with Crippen LogP contribution in [-0.4, -0.2) is 17.1 Å². The van der Waals surface area contributed by atoms with Gasteiger partial charge < -0.3 is 4.74 Å². The Morgan fingerprint density at radius 1 is 0.955 bits per heavy atom. The first kappa shape index (κ1) is 14.3. The van der Waals surface area contributed by atoms with Gasteiger partial charge in [-0.25, -0.2) is 9.97 Å². The molecule has 0 amide bonds. The van der Waals surface area contributed by atoms with E-state index in [9.17, 15) is 13.2 Å². The number of fused-ring (bicyclic) bond motifs is 1. The molecule has 0 saturated heterocycles. The fourth-order valence-electron chi connectivity index (χ4n) is 2.37. The topological polar surface area (TPSA) is 35.0 Å². The number of rotatable bonds is 2. The second-order valence-electron chi connectivity index (χ2n) is 4.62. The molecule has 3 aromatic rings. The van der Waals surface area contributed by atoms with Crippen molar-refractivity contribution in [2.24, 2.45) is 0 Å². The second-order valence-corrected chi connectivity index (χ2v) is 4.62. The fraction of sp³-hybridized carbons (Fsp3) is 0.125. The number of para-hydroxylation sites is 2. The van der Waals surface area contributed by atoms with E-state index in [0.29, 0.717) is 22.4 Å². The Hall–Kier alpha value is -2.63. The normalized spacial score (nSPS) is 11.6. The first-order valence-electron chi connectivity index (χ1n) is 6.46. The Kier molecular flexibility index (Phi) is 3.44. The number of halogens is 3. The second kappa shape index (κ2) is 5.29. The van der Waals surface area contributed by atoms with E-state index in [0.717, 1.165) is 12.4 Å². The van der Waals surface area contributed by atoms with E-state index in [1.165, 1.54) is 13.2 Å². The van der Waals surface area contributed by atoms with Crippen molar-refractivity contribution in [3.63, 3.8) is 0 Å². The van der Waals surface area contributed by atoms with E-state index in [1.807, 2.05) is 0 Å². The van der Waals surface area contributed by atoms with Crippen LogP contribution in [0.25, 0.3) is 22.2 Å². The number of aromatic nitrogens is 2. The predicted octanol–water partition coefficient (Wildman–Crippen LogP) is 4.32. The Morgan fingerprint density at radius 2 is 1.73 bits per heavy atom. The summed E-state index contributed by atoms with van der Waals surface area (Å²) in [5.74, 6) is 0.542. The zero-order valence-corrected chi connectivity index (χ0v) is 11.6. The van der Waals surface area contributed by atoms with Crippen LogP contribution in [0.5, 0.6) is 5.75 Å². The Morgan fingerprint density at radius 3 is 2.45 bits per heavy atom. The number of alkyl halides is 3. The summed E-state index contributed by atoms with van der Waals surface area (Å²) in [6, 6.07) is 11.0. The minimum absolute atomic E-state index is 0.120. The van der Waals surface area contributed by atoms with Crippen molar-refractivity contribution in [3.05, 3.63) is 54.4 Å². The highest BCUT2D eigenvalue weighted by Gasteiger charge is 2.33. The smallest absolute Gasteiger partial charge is 0.418 e. The summed E-state index contributed by atoms with van der Waals surface area (Å²) in [5.41, 5.74) is 0.139. The summed E-state index contributed by atoms with van der Waals surface area (Å²) >= 11 is 0. The molecule has 0 fully saturated rings. The van der Waals surface area contributed by atoms with Gasteiger partial charge in [-0.15, -0.1) is 0 Å². The summed E-state index contributed by atoms with van der Waals surface area (Å²) in [6.07, 6.45) is -3.33. The van der Waals surface area contributed by atoms with Gasteiger partial charge in [0, 0.05) is 10.9 Å². The first-order chi connectivity index (χ1) is 10.5. The molecule has 0 bridgehead atoms. The van der Waals surface area contributed by atoms with Gasteiger partial charge in [0.25, 0.3) is 0 Å². The molecule has 0 aliphatic rings. The SMILES string of the molecule is COc1ccccc1-c1ncnc2c(C(F)(F)F)cccc12. The molecular weight excluding hydrogens is 293 g/mol. The fourth-order valence-corrected chi connectivity index (χ4v) is 2.37. The number of benzene rings is 2. The summed E-state index contributed by atoms with van der Waals surface area (Å²) in [7, 11) is 1.50. The average Bonchev–Trinajstić information content (AvgIpc) is 2.52. The van der Waals surface area contributed by atoms with Crippen LogP contribution in [0.2, 0.25) is 0 Å². The van der Waals surface area contributed by atoms with Gasteiger partial charge in [0.1, 0.15) is 12.1 Å².